The van der Waals surface area contributed by atoms with E-state index in [4.69, 9.17) is 11.6 Å². The van der Waals surface area contributed by atoms with Crippen molar-refractivity contribution < 1.29 is 9.50 Å². The van der Waals surface area contributed by atoms with E-state index >= 15 is 0 Å². The van der Waals surface area contributed by atoms with Crippen molar-refractivity contribution in [3.63, 3.8) is 0 Å². The molecule has 2 rings (SSSR count). The van der Waals surface area contributed by atoms with Crippen molar-refractivity contribution >= 4 is 23.4 Å². The predicted octanol–water partition coefficient (Wildman–Crippen LogP) is 4.39. The molecule has 1 atom stereocenters. The summed E-state index contributed by atoms with van der Waals surface area (Å²) in [6.45, 7) is 3.29. The fourth-order valence-corrected chi connectivity index (χ4v) is 2.94. The molecule has 1 aromatic carbocycles. The summed E-state index contributed by atoms with van der Waals surface area (Å²) in [6, 6.07) is 6.56. The molecule has 0 spiro atoms. The highest BCUT2D eigenvalue weighted by atomic mass is 35.5. The van der Waals surface area contributed by atoms with Gasteiger partial charge in [-0.05, 0) is 49.2 Å². The molecule has 0 saturated carbocycles. The van der Waals surface area contributed by atoms with Crippen LogP contribution in [0.25, 0.3) is 0 Å². The van der Waals surface area contributed by atoms with Gasteiger partial charge in [-0.2, -0.15) is 0 Å². The number of halogens is 2. The molecule has 100 valence electrons. The highest BCUT2D eigenvalue weighted by molar-refractivity contribution is 7.99. The van der Waals surface area contributed by atoms with Gasteiger partial charge < -0.3 is 5.11 Å². The Kier molecular flexibility index (Phi) is 4.45. The summed E-state index contributed by atoms with van der Waals surface area (Å²) in [5.41, 5.74) is 1.06. The molecule has 1 aromatic heterocycles. The normalized spacial score (nSPS) is 12.5. The molecule has 0 aliphatic rings. The number of hydrogen-bond acceptors (Lipinski definition) is 3. The van der Waals surface area contributed by atoms with Crippen LogP contribution in [0.5, 0.6) is 0 Å². The van der Waals surface area contributed by atoms with Crippen LogP contribution in [0, 0.1) is 12.7 Å². The first-order valence-electron chi connectivity index (χ1n) is 5.75. The molecule has 0 fully saturated rings. The number of benzene rings is 1. The van der Waals surface area contributed by atoms with Crippen molar-refractivity contribution in [3.8, 4) is 0 Å². The third kappa shape index (κ3) is 3.26. The lowest BCUT2D eigenvalue weighted by Gasteiger charge is -2.13. The SMILES string of the molecule is Cc1cc(Sc2ncccc2Cl)c(C(C)O)cc1F. The summed E-state index contributed by atoms with van der Waals surface area (Å²) in [7, 11) is 0. The van der Waals surface area contributed by atoms with Crippen LogP contribution in [0.4, 0.5) is 4.39 Å². The smallest absolute Gasteiger partial charge is 0.126 e. The Morgan fingerprint density at radius 1 is 1.42 bits per heavy atom. The standard InChI is InChI=1S/C14H13ClFNOS/c1-8-6-13(10(9(2)18)7-12(8)16)19-14-11(15)4-3-5-17-14/h3-7,9,18H,1-2H3. The van der Waals surface area contributed by atoms with Gasteiger partial charge in [0.05, 0.1) is 11.1 Å². The minimum absolute atomic E-state index is 0.327. The van der Waals surface area contributed by atoms with Gasteiger partial charge in [0.1, 0.15) is 10.8 Å². The van der Waals surface area contributed by atoms with Crippen molar-refractivity contribution in [1.29, 1.82) is 0 Å². The minimum Gasteiger partial charge on any atom is -0.389 e. The van der Waals surface area contributed by atoms with E-state index in [1.165, 1.54) is 17.8 Å². The van der Waals surface area contributed by atoms with Gasteiger partial charge >= 0.3 is 0 Å². The Morgan fingerprint density at radius 3 is 2.79 bits per heavy atom. The molecule has 0 aliphatic heterocycles. The number of hydrogen-bond donors (Lipinski definition) is 1. The number of aliphatic hydroxyl groups is 1. The third-order valence-corrected chi connectivity index (χ3v) is 4.18. The fraction of sp³-hybridized carbons (Fsp3) is 0.214. The number of aliphatic hydroxyl groups excluding tert-OH is 1. The zero-order valence-electron chi connectivity index (χ0n) is 10.5. The molecule has 0 saturated heterocycles. The lowest BCUT2D eigenvalue weighted by molar-refractivity contribution is 0.196. The topological polar surface area (TPSA) is 33.1 Å². The Labute approximate surface area is 120 Å². The Hall–Kier alpha value is -1.10. The van der Waals surface area contributed by atoms with E-state index in [0.717, 1.165) is 4.90 Å². The molecule has 0 bridgehead atoms. The van der Waals surface area contributed by atoms with Gasteiger partial charge in [-0.3, -0.25) is 0 Å². The average molecular weight is 298 g/mol. The summed E-state index contributed by atoms with van der Waals surface area (Å²) in [6.07, 6.45) is 0.896. The molecule has 0 radical (unpaired) electrons. The van der Waals surface area contributed by atoms with Crippen LogP contribution in [-0.2, 0) is 0 Å². The van der Waals surface area contributed by atoms with Crippen molar-refractivity contribution in [2.75, 3.05) is 0 Å². The number of nitrogens with zero attached hydrogens (tertiary/aromatic N) is 1. The van der Waals surface area contributed by atoms with Gasteiger partial charge in [-0.25, -0.2) is 9.37 Å². The zero-order valence-corrected chi connectivity index (χ0v) is 12.1. The number of rotatable bonds is 3. The lowest BCUT2D eigenvalue weighted by atomic mass is 10.1. The van der Waals surface area contributed by atoms with Crippen molar-refractivity contribution in [3.05, 3.63) is 52.4 Å². The van der Waals surface area contributed by atoms with Crippen LogP contribution in [-0.4, -0.2) is 10.1 Å². The average Bonchev–Trinajstić information content (AvgIpc) is 2.36. The third-order valence-electron chi connectivity index (χ3n) is 2.67. The van der Waals surface area contributed by atoms with E-state index in [1.807, 2.05) is 0 Å². The molecular weight excluding hydrogens is 285 g/mol. The summed E-state index contributed by atoms with van der Waals surface area (Å²) in [5.74, 6) is -0.327. The van der Waals surface area contributed by atoms with Gasteiger partial charge in [-0.1, -0.05) is 23.4 Å². The molecule has 2 nitrogen and oxygen atoms in total. The summed E-state index contributed by atoms with van der Waals surface area (Å²) >= 11 is 7.38. The van der Waals surface area contributed by atoms with Crippen molar-refractivity contribution in [1.82, 2.24) is 4.98 Å². The quantitative estimate of drug-likeness (QED) is 0.912. The van der Waals surface area contributed by atoms with Gasteiger partial charge in [0.25, 0.3) is 0 Å². The Morgan fingerprint density at radius 2 is 2.16 bits per heavy atom. The van der Waals surface area contributed by atoms with Gasteiger partial charge in [-0.15, -0.1) is 0 Å². The summed E-state index contributed by atoms with van der Waals surface area (Å²) < 4.78 is 13.6. The maximum Gasteiger partial charge on any atom is 0.126 e. The zero-order chi connectivity index (χ0) is 14.0. The maximum absolute atomic E-state index is 13.6. The van der Waals surface area contributed by atoms with E-state index in [9.17, 15) is 9.50 Å². The first kappa shape index (κ1) is 14.3. The van der Waals surface area contributed by atoms with Crippen LogP contribution >= 0.6 is 23.4 Å². The van der Waals surface area contributed by atoms with Crippen LogP contribution in [0.2, 0.25) is 5.02 Å². The molecule has 1 unspecified atom stereocenters. The minimum atomic E-state index is -0.750. The second kappa shape index (κ2) is 5.90. The van der Waals surface area contributed by atoms with E-state index in [0.29, 0.717) is 21.2 Å². The van der Waals surface area contributed by atoms with Crippen molar-refractivity contribution in [2.24, 2.45) is 0 Å². The molecule has 0 aliphatic carbocycles. The fourth-order valence-electron chi connectivity index (χ4n) is 1.64. The van der Waals surface area contributed by atoms with E-state index < -0.39 is 6.10 Å². The number of aryl methyl sites for hydroxylation is 1. The van der Waals surface area contributed by atoms with Crippen molar-refractivity contribution in [2.45, 2.75) is 29.9 Å². The molecule has 5 heteroatoms. The molecule has 2 aromatic rings. The Bertz CT molecular complexity index is 604. The predicted molar refractivity (Wildman–Crippen MR) is 75.1 cm³/mol. The summed E-state index contributed by atoms with van der Waals surface area (Å²) in [4.78, 5) is 4.94. The van der Waals surface area contributed by atoms with E-state index in [1.54, 1.807) is 38.2 Å². The van der Waals surface area contributed by atoms with Crippen LogP contribution in [0.3, 0.4) is 0 Å². The molecule has 1 N–H and O–H groups in total. The highest BCUT2D eigenvalue weighted by Crippen LogP contribution is 2.36. The van der Waals surface area contributed by atoms with Crippen LogP contribution < -0.4 is 0 Å². The molecule has 19 heavy (non-hydrogen) atoms. The largest absolute Gasteiger partial charge is 0.389 e. The van der Waals surface area contributed by atoms with Crippen LogP contribution in [0.15, 0.2) is 40.4 Å². The lowest BCUT2D eigenvalue weighted by Crippen LogP contribution is -1.97. The molecule has 0 amide bonds. The van der Waals surface area contributed by atoms with Gasteiger partial charge in [0, 0.05) is 11.1 Å². The summed E-state index contributed by atoms with van der Waals surface area (Å²) in [5, 5.41) is 10.9. The maximum atomic E-state index is 13.6. The van der Waals surface area contributed by atoms with E-state index in [2.05, 4.69) is 4.98 Å². The number of aromatic nitrogens is 1. The van der Waals surface area contributed by atoms with Gasteiger partial charge in [0.15, 0.2) is 0 Å². The molecule has 1 heterocycles. The first-order chi connectivity index (χ1) is 8.99. The monoisotopic (exact) mass is 297 g/mol. The highest BCUT2D eigenvalue weighted by Gasteiger charge is 2.14. The Balaban J connectivity index is 2.45. The first-order valence-corrected chi connectivity index (χ1v) is 6.95. The molecular formula is C14H13ClFNOS. The van der Waals surface area contributed by atoms with Crippen LogP contribution in [0.1, 0.15) is 24.2 Å². The van der Waals surface area contributed by atoms with E-state index in [-0.39, 0.29) is 5.82 Å². The van der Waals surface area contributed by atoms with Gasteiger partial charge in [0.2, 0.25) is 0 Å². The second-order valence-corrected chi connectivity index (χ2v) is 5.65. The number of pyridine rings is 1. The second-order valence-electron chi connectivity index (χ2n) is 4.21.